The molecule has 0 spiro atoms. The first-order chi connectivity index (χ1) is 9.24. The average Bonchev–Trinajstić information content (AvgIpc) is 2.81. The fraction of sp³-hybridized carbons (Fsp3) is 0.200. The van der Waals surface area contributed by atoms with Crippen molar-refractivity contribution in [3.8, 4) is 11.5 Å². The Kier molecular flexibility index (Phi) is 3.22. The third kappa shape index (κ3) is 2.47. The van der Waals surface area contributed by atoms with Gasteiger partial charge in [-0.2, -0.15) is 0 Å². The molecule has 1 atom stereocenters. The topological polar surface area (TPSA) is 44.5 Å². The molecule has 2 N–H and O–H groups in total. The maximum absolute atomic E-state index is 6.06. The Morgan fingerprint density at radius 1 is 1.21 bits per heavy atom. The van der Waals surface area contributed by atoms with E-state index >= 15 is 0 Å². The van der Waals surface area contributed by atoms with Crippen molar-refractivity contribution in [2.45, 2.75) is 12.5 Å². The van der Waals surface area contributed by atoms with Gasteiger partial charge in [-0.3, -0.25) is 0 Å². The number of ether oxygens (including phenoxy) is 2. The van der Waals surface area contributed by atoms with Crippen molar-refractivity contribution in [1.82, 2.24) is 0 Å². The molecule has 0 saturated heterocycles. The van der Waals surface area contributed by atoms with Crippen LogP contribution in [0.15, 0.2) is 42.5 Å². The standard InChI is InChI=1S/C15H14ClNO2/c16-12-5-3-6-13(17)15(12)18-9-11-8-10-4-1-2-7-14(10)19-11/h1-7,11H,8-9,17H2. The summed E-state index contributed by atoms with van der Waals surface area (Å²) in [6.07, 6.45) is 0.855. The van der Waals surface area contributed by atoms with Gasteiger partial charge in [0.2, 0.25) is 0 Å². The van der Waals surface area contributed by atoms with Crippen molar-refractivity contribution in [3.63, 3.8) is 0 Å². The molecule has 0 saturated carbocycles. The number of hydrogen-bond acceptors (Lipinski definition) is 3. The summed E-state index contributed by atoms with van der Waals surface area (Å²) >= 11 is 6.06. The van der Waals surface area contributed by atoms with E-state index < -0.39 is 0 Å². The molecule has 1 unspecified atom stereocenters. The van der Waals surface area contributed by atoms with Gasteiger partial charge in [-0.1, -0.05) is 35.9 Å². The normalized spacial score (nSPS) is 16.8. The molecule has 0 amide bonds. The number of rotatable bonds is 3. The predicted molar refractivity (Wildman–Crippen MR) is 75.9 cm³/mol. The molecular weight excluding hydrogens is 262 g/mol. The molecule has 1 heterocycles. The Morgan fingerprint density at radius 2 is 2.05 bits per heavy atom. The molecule has 3 nitrogen and oxygen atoms in total. The maximum atomic E-state index is 6.06. The van der Waals surface area contributed by atoms with Crippen LogP contribution in [0.4, 0.5) is 5.69 Å². The molecule has 98 valence electrons. The number of hydrogen-bond donors (Lipinski definition) is 1. The fourth-order valence-corrected chi connectivity index (χ4v) is 2.44. The smallest absolute Gasteiger partial charge is 0.160 e. The first-order valence-corrected chi connectivity index (χ1v) is 6.53. The quantitative estimate of drug-likeness (QED) is 0.874. The van der Waals surface area contributed by atoms with E-state index in [1.54, 1.807) is 18.2 Å². The van der Waals surface area contributed by atoms with Gasteiger partial charge in [-0.25, -0.2) is 0 Å². The highest BCUT2D eigenvalue weighted by molar-refractivity contribution is 6.32. The van der Waals surface area contributed by atoms with Crippen LogP contribution >= 0.6 is 11.6 Å². The molecular formula is C15H14ClNO2. The van der Waals surface area contributed by atoms with Gasteiger partial charge in [0.05, 0.1) is 10.7 Å². The highest BCUT2D eigenvalue weighted by Crippen LogP contribution is 2.32. The Morgan fingerprint density at radius 3 is 2.84 bits per heavy atom. The number of para-hydroxylation sites is 2. The molecule has 0 bridgehead atoms. The van der Waals surface area contributed by atoms with E-state index in [0.29, 0.717) is 23.1 Å². The third-order valence-corrected chi connectivity index (χ3v) is 3.42. The molecule has 2 aromatic rings. The maximum Gasteiger partial charge on any atom is 0.160 e. The minimum absolute atomic E-state index is 0.00747. The number of benzene rings is 2. The van der Waals surface area contributed by atoms with Crippen LogP contribution in [0.25, 0.3) is 0 Å². The van der Waals surface area contributed by atoms with Crippen molar-refractivity contribution in [1.29, 1.82) is 0 Å². The van der Waals surface area contributed by atoms with E-state index in [4.69, 9.17) is 26.8 Å². The van der Waals surface area contributed by atoms with Crippen molar-refractivity contribution in [3.05, 3.63) is 53.1 Å². The third-order valence-electron chi connectivity index (χ3n) is 3.12. The number of nitrogens with two attached hydrogens (primary N) is 1. The lowest BCUT2D eigenvalue weighted by atomic mass is 10.1. The Labute approximate surface area is 116 Å². The lowest BCUT2D eigenvalue weighted by Gasteiger charge is -2.14. The Bertz CT molecular complexity index is 555. The largest absolute Gasteiger partial charge is 0.486 e. The first-order valence-electron chi connectivity index (χ1n) is 6.15. The van der Waals surface area contributed by atoms with Crippen molar-refractivity contribution in [2.75, 3.05) is 12.3 Å². The molecule has 0 radical (unpaired) electrons. The molecule has 1 aliphatic rings. The summed E-state index contributed by atoms with van der Waals surface area (Å²) in [6.45, 7) is 0.433. The minimum atomic E-state index is 0.00747. The molecule has 0 fully saturated rings. The second-order valence-electron chi connectivity index (χ2n) is 4.52. The number of halogens is 1. The van der Waals surface area contributed by atoms with Crippen LogP contribution in [0.3, 0.4) is 0 Å². The molecule has 2 aromatic carbocycles. The Balaban J connectivity index is 1.66. The van der Waals surface area contributed by atoms with Crippen LogP contribution in [0.1, 0.15) is 5.56 Å². The van der Waals surface area contributed by atoms with E-state index in [2.05, 4.69) is 6.07 Å². The van der Waals surface area contributed by atoms with Gasteiger partial charge in [0.25, 0.3) is 0 Å². The van der Waals surface area contributed by atoms with Gasteiger partial charge < -0.3 is 15.2 Å². The van der Waals surface area contributed by atoms with Crippen LogP contribution < -0.4 is 15.2 Å². The van der Waals surface area contributed by atoms with E-state index in [1.165, 1.54) is 5.56 Å². The van der Waals surface area contributed by atoms with Gasteiger partial charge in [0, 0.05) is 6.42 Å². The van der Waals surface area contributed by atoms with E-state index in [-0.39, 0.29) is 6.10 Å². The zero-order valence-corrected chi connectivity index (χ0v) is 11.1. The lowest BCUT2D eigenvalue weighted by Crippen LogP contribution is -2.22. The Hall–Kier alpha value is -1.87. The average molecular weight is 276 g/mol. The SMILES string of the molecule is Nc1cccc(Cl)c1OCC1Cc2ccccc2O1. The summed E-state index contributed by atoms with van der Waals surface area (Å²) in [5, 5.41) is 0.524. The highest BCUT2D eigenvalue weighted by atomic mass is 35.5. The predicted octanol–water partition coefficient (Wildman–Crippen LogP) is 3.30. The second-order valence-corrected chi connectivity index (χ2v) is 4.93. The monoisotopic (exact) mass is 275 g/mol. The summed E-state index contributed by atoms with van der Waals surface area (Å²) < 4.78 is 11.5. The van der Waals surface area contributed by atoms with E-state index in [0.717, 1.165) is 12.2 Å². The zero-order chi connectivity index (χ0) is 13.2. The summed E-state index contributed by atoms with van der Waals surface area (Å²) in [7, 11) is 0. The zero-order valence-electron chi connectivity index (χ0n) is 10.3. The van der Waals surface area contributed by atoms with Gasteiger partial charge in [-0.05, 0) is 23.8 Å². The lowest BCUT2D eigenvalue weighted by molar-refractivity contribution is 0.149. The minimum Gasteiger partial charge on any atom is -0.486 e. The second kappa shape index (κ2) is 5.02. The molecule has 0 aromatic heterocycles. The summed E-state index contributed by atoms with van der Waals surface area (Å²) in [4.78, 5) is 0. The van der Waals surface area contributed by atoms with Gasteiger partial charge in [0.15, 0.2) is 5.75 Å². The van der Waals surface area contributed by atoms with Gasteiger partial charge >= 0.3 is 0 Å². The van der Waals surface area contributed by atoms with Crippen molar-refractivity contribution in [2.24, 2.45) is 0 Å². The number of nitrogen functional groups attached to an aromatic ring is 1. The van der Waals surface area contributed by atoms with Crippen molar-refractivity contribution < 1.29 is 9.47 Å². The van der Waals surface area contributed by atoms with Crippen LogP contribution in [0.2, 0.25) is 5.02 Å². The van der Waals surface area contributed by atoms with Crippen LogP contribution in [0, 0.1) is 0 Å². The molecule has 3 rings (SSSR count). The van der Waals surface area contributed by atoms with Crippen LogP contribution in [-0.4, -0.2) is 12.7 Å². The van der Waals surface area contributed by atoms with E-state index in [1.807, 2.05) is 18.2 Å². The molecule has 0 aliphatic carbocycles. The first kappa shape index (κ1) is 12.2. The summed E-state index contributed by atoms with van der Waals surface area (Å²) in [6, 6.07) is 13.3. The number of anilines is 1. The van der Waals surface area contributed by atoms with Crippen LogP contribution in [-0.2, 0) is 6.42 Å². The van der Waals surface area contributed by atoms with Crippen molar-refractivity contribution >= 4 is 17.3 Å². The van der Waals surface area contributed by atoms with Gasteiger partial charge in [-0.15, -0.1) is 0 Å². The fourth-order valence-electron chi connectivity index (χ4n) is 2.20. The van der Waals surface area contributed by atoms with Crippen LogP contribution in [0.5, 0.6) is 11.5 Å². The number of fused-ring (bicyclic) bond motifs is 1. The van der Waals surface area contributed by atoms with E-state index in [9.17, 15) is 0 Å². The molecule has 19 heavy (non-hydrogen) atoms. The summed E-state index contributed by atoms with van der Waals surface area (Å²) in [5.74, 6) is 1.46. The molecule has 1 aliphatic heterocycles. The highest BCUT2D eigenvalue weighted by Gasteiger charge is 2.23. The molecule has 4 heteroatoms. The van der Waals surface area contributed by atoms with Gasteiger partial charge in [0.1, 0.15) is 18.5 Å². The summed E-state index contributed by atoms with van der Waals surface area (Å²) in [5.41, 5.74) is 7.60.